The summed E-state index contributed by atoms with van der Waals surface area (Å²) in [5.41, 5.74) is 7.46. The maximum absolute atomic E-state index is 5.49. The van der Waals surface area contributed by atoms with Crippen molar-refractivity contribution < 1.29 is 4.74 Å². The number of nitrogens with zero attached hydrogens (tertiary/aromatic N) is 2. The normalized spacial score (nSPS) is 10.6. The molecule has 0 saturated heterocycles. The molecule has 96 valence electrons. The molecule has 0 bridgehead atoms. The number of hydrogen-bond acceptors (Lipinski definition) is 3. The monoisotopic (exact) mass is 245 g/mol. The van der Waals surface area contributed by atoms with Gasteiger partial charge in [0.2, 0.25) is 0 Å². The van der Waals surface area contributed by atoms with Crippen LogP contribution in [0.3, 0.4) is 0 Å². The van der Waals surface area contributed by atoms with Crippen molar-refractivity contribution in [3.05, 3.63) is 36.8 Å². The number of rotatable bonds is 6. The smallest absolute Gasteiger partial charge is 0.128 e. The standard InChI is InChI=1S/C14H19N3O/c1-18-14-7-3-2-6-12(14)13-10-17(11-16-13)9-5-4-8-15/h2-3,6-7,10-11H,4-5,8-9,15H2,1H3. The number of unbranched alkanes of at least 4 members (excludes halogenated alkanes) is 1. The highest BCUT2D eigenvalue weighted by atomic mass is 16.5. The number of aromatic nitrogens is 2. The molecule has 0 unspecified atom stereocenters. The van der Waals surface area contributed by atoms with Crippen molar-refractivity contribution in [3.63, 3.8) is 0 Å². The Morgan fingerprint density at radius 2 is 2.11 bits per heavy atom. The predicted molar refractivity (Wildman–Crippen MR) is 72.5 cm³/mol. The van der Waals surface area contributed by atoms with Crippen molar-refractivity contribution in [1.82, 2.24) is 9.55 Å². The van der Waals surface area contributed by atoms with Gasteiger partial charge in [-0.3, -0.25) is 0 Å². The van der Waals surface area contributed by atoms with Gasteiger partial charge in [0.15, 0.2) is 0 Å². The van der Waals surface area contributed by atoms with E-state index in [0.717, 1.165) is 42.9 Å². The van der Waals surface area contributed by atoms with Crippen LogP contribution < -0.4 is 10.5 Å². The van der Waals surface area contributed by atoms with Crippen molar-refractivity contribution >= 4 is 0 Å². The van der Waals surface area contributed by atoms with E-state index < -0.39 is 0 Å². The first kappa shape index (κ1) is 12.6. The number of hydrogen-bond donors (Lipinski definition) is 1. The number of aryl methyl sites for hydroxylation is 1. The summed E-state index contributed by atoms with van der Waals surface area (Å²) in [5.74, 6) is 0.852. The van der Waals surface area contributed by atoms with Crippen LogP contribution in [0.1, 0.15) is 12.8 Å². The molecule has 0 aliphatic heterocycles. The zero-order valence-corrected chi connectivity index (χ0v) is 10.7. The van der Waals surface area contributed by atoms with Gasteiger partial charge >= 0.3 is 0 Å². The highest BCUT2D eigenvalue weighted by Crippen LogP contribution is 2.27. The second kappa shape index (κ2) is 6.21. The summed E-state index contributed by atoms with van der Waals surface area (Å²) in [4.78, 5) is 4.43. The van der Waals surface area contributed by atoms with Gasteiger partial charge in [0.25, 0.3) is 0 Å². The van der Waals surface area contributed by atoms with E-state index in [9.17, 15) is 0 Å². The minimum atomic E-state index is 0.744. The lowest BCUT2D eigenvalue weighted by atomic mass is 10.1. The van der Waals surface area contributed by atoms with Gasteiger partial charge in [-0.1, -0.05) is 12.1 Å². The number of benzene rings is 1. The van der Waals surface area contributed by atoms with E-state index in [1.807, 2.05) is 36.8 Å². The molecule has 0 saturated carbocycles. The van der Waals surface area contributed by atoms with E-state index >= 15 is 0 Å². The minimum Gasteiger partial charge on any atom is -0.496 e. The van der Waals surface area contributed by atoms with Gasteiger partial charge in [-0.2, -0.15) is 0 Å². The van der Waals surface area contributed by atoms with E-state index in [0.29, 0.717) is 0 Å². The summed E-state index contributed by atoms with van der Waals surface area (Å²) in [6, 6.07) is 7.92. The number of para-hydroxylation sites is 1. The molecule has 4 nitrogen and oxygen atoms in total. The van der Waals surface area contributed by atoms with Crippen LogP contribution in [0.5, 0.6) is 5.75 Å². The molecule has 2 aromatic rings. The number of methoxy groups -OCH3 is 1. The SMILES string of the molecule is COc1ccccc1-c1cn(CCCCN)cn1. The summed E-state index contributed by atoms with van der Waals surface area (Å²) in [6.07, 6.45) is 6.03. The third-order valence-corrected chi connectivity index (χ3v) is 2.89. The Hall–Kier alpha value is -1.81. The molecule has 0 spiro atoms. The molecule has 0 radical (unpaired) electrons. The third-order valence-electron chi connectivity index (χ3n) is 2.89. The minimum absolute atomic E-state index is 0.744. The Morgan fingerprint density at radius 3 is 2.89 bits per heavy atom. The Kier molecular flexibility index (Phi) is 4.36. The number of imidazole rings is 1. The fourth-order valence-corrected chi connectivity index (χ4v) is 1.92. The summed E-state index contributed by atoms with van der Waals surface area (Å²) in [6.45, 7) is 1.70. The topological polar surface area (TPSA) is 53.1 Å². The molecule has 2 rings (SSSR count). The molecule has 4 heteroatoms. The summed E-state index contributed by atoms with van der Waals surface area (Å²) in [5, 5.41) is 0. The maximum atomic E-state index is 5.49. The Morgan fingerprint density at radius 1 is 1.28 bits per heavy atom. The van der Waals surface area contributed by atoms with Crippen LogP contribution >= 0.6 is 0 Å². The second-order valence-electron chi connectivity index (χ2n) is 4.19. The van der Waals surface area contributed by atoms with Crippen LogP contribution in [0.15, 0.2) is 36.8 Å². The van der Waals surface area contributed by atoms with Gasteiger partial charge in [0.05, 0.1) is 19.1 Å². The Labute approximate surface area is 107 Å². The lowest BCUT2D eigenvalue weighted by molar-refractivity contribution is 0.416. The van der Waals surface area contributed by atoms with Crippen LogP contribution in [0.4, 0.5) is 0 Å². The van der Waals surface area contributed by atoms with Crippen LogP contribution in [0, 0.1) is 0 Å². The molecule has 0 amide bonds. The molecule has 2 N–H and O–H groups in total. The van der Waals surface area contributed by atoms with Crippen molar-refractivity contribution in [2.24, 2.45) is 5.73 Å². The van der Waals surface area contributed by atoms with E-state index in [2.05, 4.69) is 9.55 Å². The molecule has 0 aliphatic carbocycles. The zero-order valence-electron chi connectivity index (χ0n) is 10.7. The first-order valence-corrected chi connectivity index (χ1v) is 6.20. The van der Waals surface area contributed by atoms with E-state index in [1.165, 1.54) is 0 Å². The molecule has 0 atom stereocenters. The van der Waals surface area contributed by atoms with Gasteiger partial charge < -0.3 is 15.0 Å². The largest absolute Gasteiger partial charge is 0.496 e. The highest BCUT2D eigenvalue weighted by molar-refractivity contribution is 5.66. The van der Waals surface area contributed by atoms with Gasteiger partial charge in [-0.15, -0.1) is 0 Å². The number of ether oxygens (including phenoxy) is 1. The predicted octanol–water partition coefficient (Wildman–Crippen LogP) is 2.30. The van der Waals surface area contributed by atoms with Gasteiger partial charge in [0, 0.05) is 18.3 Å². The summed E-state index contributed by atoms with van der Waals surface area (Å²) >= 11 is 0. The quantitative estimate of drug-likeness (QED) is 0.794. The molecule has 1 aromatic carbocycles. The number of nitrogens with two attached hydrogens (primary N) is 1. The van der Waals surface area contributed by atoms with E-state index in [-0.39, 0.29) is 0 Å². The van der Waals surface area contributed by atoms with Gasteiger partial charge in [-0.25, -0.2) is 4.98 Å². The average molecular weight is 245 g/mol. The average Bonchev–Trinajstić information content (AvgIpc) is 2.88. The van der Waals surface area contributed by atoms with Gasteiger partial charge in [0.1, 0.15) is 5.75 Å². The lowest BCUT2D eigenvalue weighted by Gasteiger charge is -2.05. The highest BCUT2D eigenvalue weighted by Gasteiger charge is 2.07. The fourth-order valence-electron chi connectivity index (χ4n) is 1.92. The first-order valence-electron chi connectivity index (χ1n) is 6.20. The van der Waals surface area contributed by atoms with Crippen LogP contribution in [-0.4, -0.2) is 23.2 Å². The summed E-state index contributed by atoms with van der Waals surface area (Å²) < 4.78 is 7.44. The van der Waals surface area contributed by atoms with Crippen molar-refractivity contribution in [2.75, 3.05) is 13.7 Å². The molecular weight excluding hydrogens is 226 g/mol. The Bertz CT molecular complexity index is 493. The van der Waals surface area contributed by atoms with Crippen LogP contribution in [0.25, 0.3) is 11.3 Å². The fraction of sp³-hybridized carbons (Fsp3) is 0.357. The first-order chi connectivity index (χ1) is 8.85. The summed E-state index contributed by atoms with van der Waals surface area (Å²) in [7, 11) is 1.68. The van der Waals surface area contributed by atoms with Crippen molar-refractivity contribution in [1.29, 1.82) is 0 Å². The van der Waals surface area contributed by atoms with E-state index in [1.54, 1.807) is 7.11 Å². The molecule has 1 aromatic heterocycles. The molecule has 0 aliphatic rings. The van der Waals surface area contributed by atoms with Gasteiger partial charge in [-0.05, 0) is 31.5 Å². The third kappa shape index (κ3) is 2.90. The lowest BCUT2D eigenvalue weighted by Crippen LogP contribution is -2.01. The molecule has 0 fully saturated rings. The zero-order chi connectivity index (χ0) is 12.8. The van der Waals surface area contributed by atoms with Crippen LogP contribution in [0.2, 0.25) is 0 Å². The van der Waals surface area contributed by atoms with Crippen molar-refractivity contribution in [2.45, 2.75) is 19.4 Å². The molecule has 1 heterocycles. The Balaban J connectivity index is 2.13. The van der Waals surface area contributed by atoms with Crippen LogP contribution in [-0.2, 0) is 6.54 Å². The maximum Gasteiger partial charge on any atom is 0.128 e. The van der Waals surface area contributed by atoms with E-state index in [4.69, 9.17) is 10.5 Å². The molecule has 18 heavy (non-hydrogen) atoms. The second-order valence-corrected chi connectivity index (χ2v) is 4.19. The van der Waals surface area contributed by atoms with Crippen molar-refractivity contribution in [3.8, 4) is 17.0 Å². The molecular formula is C14H19N3O.